The number of morpholine rings is 1. The molecule has 7 nitrogen and oxygen atoms in total. The van der Waals surface area contributed by atoms with Crippen LogP contribution in [0.5, 0.6) is 5.75 Å². The van der Waals surface area contributed by atoms with E-state index >= 15 is 0 Å². The van der Waals surface area contributed by atoms with Crippen molar-refractivity contribution in [1.82, 2.24) is 9.80 Å². The summed E-state index contributed by atoms with van der Waals surface area (Å²) in [5, 5.41) is 0.802. The smallest absolute Gasteiger partial charge is 0.290 e. The van der Waals surface area contributed by atoms with Gasteiger partial charge in [-0.05, 0) is 42.3 Å². The molecule has 2 aromatic carbocycles. The first kappa shape index (κ1) is 23.6. The Morgan fingerprint density at radius 3 is 2.74 bits per heavy atom. The van der Waals surface area contributed by atoms with Crippen molar-refractivity contribution in [3.8, 4) is 5.75 Å². The number of nitrogens with zero attached hydrogens (tertiary/aromatic N) is 2. The van der Waals surface area contributed by atoms with Crippen LogP contribution in [-0.2, 0) is 4.74 Å². The molecule has 0 unspecified atom stereocenters. The second kappa shape index (κ2) is 10.2. The van der Waals surface area contributed by atoms with E-state index in [1.54, 1.807) is 29.2 Å². The topological polar surface area (TPSA) is 72.2 Å². The zero-order valence-electron chi connectivity index (χ0n) is 19.4. The molecule has 0 spiro atoms. The molecule has 3 heterocycles. The number of hydrogen-bond acceptors (Lipinski definition) is 6. The molecule has 5 rings (SSSR count). The fourth-order valence-electron chi connectivity index (χ4n) is 4.79. The molecule has 35 heavy (non-hydrogen) atoms. The van der Waals surface area contributed by atoms with E-state index < -0.39 is 6.04 Å². The Labute approximate surface area is 208 Å². The number of rotatable bonds is 8. The third-order valence-electron chi connectivity index (χ3n) is 6.45. The van der Waals surface area contributed by atoms with Crippen LogP contribution < -0.4 is 10.2 Å². The van der Waals surface area contributed by atoms with Crippen molar-refractivity contribution in [2.24, 2.45) is 0 Å². The van der Waals surface area contributed by atoms with Gasteiger partial charge in [-0.2, -0.15) is 0 Å². The van der Waals surface area contributed by atoms with E-state index in [9.17, 15) is 9.59 Å². The minimum Gasteiger partial charge on any atom is -0.490 e. The van der Waals surface area contributed by atoms with Crippen LogP contribution in [0.25, 0.3) is 11.0 Å². The molecule has 0 bridgehead atoms. The lowest BCUT2D eigenvalue weighted by molar-refractivity contribution is 0.0353. The molecule has 2 aliphatic rings. The van der Waals surface area contributed by atoms with Gasteiger partial charge in [0.25, 0.3) is 5.91 Å². The highest BCUT2D eigenvalue weighted by Gasteiger charge is 2.42. The van der Waals surface area contributed by atoms with Gasteiger partial charge in [-0.1, -0.05) is 36.4 Å². The Kier molecular flexibility index (Phi) is 6.90. The molecule has 182 valence electrons. The predicted molar refractivity (Wildman–Crippen MR) is 134 cm³/mol. The van der Waals surface area contributed by atoms with Crippen LogP contribution in [0, 0.1) is 0 Å². The Hall–Kier alpha value is -3.13. The van der Waals surface area contributed by atoms with Crippen molar-refractivity contribution in [3.63, 3.8) is 0 Å². The fraction of sp³-hybridized carbons (Fsp3) is 0.333. The first-order valence-corrected chi connectivity index (χ1v) is 12.2. The van der Waals surface area contributed by atoms with Gasteiger partial charge in [0.05, 0.1) is 30.2 Å². The van der Waals surface area contributed by atoms with Crippen molar-refractivity contribution in [2.45, 2.75) is 12.5 Å². The van der Waals surface area contributed by atoms with Gasteiger partial charge in [0.2, 0.25) is 5.76 Å². The van der Waals surface area contributed by atoms with Crippen LogP contribution in [0.2, 0.25) is 5.02 Å². The first-order valence-electron chi connectivity index (χ1n) is 11.8. The van der Waals surface area contributed by atoms with Crippen molar-refractivity contribution in [2.75, 3.05) is 46.0 Å². The summed E-state index contributed by atoms with van der Waals surface area (Å²) in [5.41, 5.74) is 1.24. The average molecular weight is 495 g/mol. The lowest BCUT2D eigenvalue weighted by Gasteiger charge is -2.29. The van der Waals surface area contributed by atoms with Crippen molar-refractivity contribution in [3.05, 3.63) is 87.3 Å². The summed E-state index contributed by atoms with van der Waals surface area (Å²) in [6, 6.07) is 11.8. The van der Waals surface area contributed by atoms with Gasteiger partial charge in [-0.3, -0.25) is 14.5 Å². The molecule has 1 aromatic heterocycles. The molecule has 0 N–H and O–H groups in total. The Balaban J connectivity index is 1.54. The van der Waals surface area contributed by atoms with Crippen LogP contribution in [0.15, 0.2) is 64.3 Å². The number of hydrogen-bond donors (Lipinski definition) is 0. The van der Waals surface area contributed by atoms with E-state index in [-0.39, 0.29) is 17.1 Å². The summed E-state index contributed by atoms with van der Waals surface area (Å²) in [6.07, 6.45) is 2.44. The van der Waals surface area contributed by atoms with E-state index in [4.69, 9.17) is 25.5 Å². The summed E-state index contributed by atoms with van der Waals surface area (Å²) >= 11 is 6.17. The highest BCUT2D eigenvalue weighted by Crippen LogP contribution is 2.39. The maximum Gasteiger partial charge on any atom is 0.290 e. The minimum atomic E-state index is -0.575. The van der Waals surface area contributed by atoms with Crippen molar-refractivity contribution >= 4 is 28.5 Å². The second-order valence-electron chi connectivity index (χ2n) is 8.70. The largest absolute Gasteiger partial charge is 0.490 e. The van der Waals surface area contributed by atoms with Gasteiger partial charge >= 0.3 is 0 Å². The number of benzene rings is 2. The highest BCUT2D eigenvalue weighted by atomic mass is 35.5. The molecule has 2 aliphatic heterocycles. The van der Waals surface area contributed by atoms with Gasteiger partial charge in [0.1, 0.15) is 17.9 Å². The summed E-state index contributed by atoms with van der Waals surface area (Å²) in [4.78, 5) is 31.3. The minimum absolute atomic E-state index is 0.0959. The Morgan fingerprint density at radius 1 is 1.11 bits per heavy atom. The van der Waals surface area contributed by atoms with E-state index in [0.29, 0.717) is 40.5 Å². The van der Waals surface area contributed by atoms with Gasteiger partial charge in [-0.25, -0.2) is 0 Å². The highest BCUT2D eigenvalue weighted by molar-refractivity contribution is 6.31. The SMILES string of the molecule is C=CCOc1cccc([C@@H]2c3c(oc4ccc(Cl)cc4c3=O)C(=O)N2CCCN2CCOCC2)c1. The number of halogens is 1. The molecule has 1 amide bonds. The molecule has 1 atom stereocenters. The number of ether oxygens (including phenoxy) is 2. The predicted octanol–water partition coefficient (Wildman–Crippen LogP) is 4.28. The van der Waals surface area contributed by atoms with E-state index in [1.165, 1.54) is 0 Å². The van der Waals surface area contributed by atoms with Crippen LogP contribution >= 0.6 is 11.6 Å². The fourth-order valence-corrected chi connectivity index (χ4v) is 4.96. The van der Waals surface area contributed by atoms with Crippen LogP contribution in [0.4, 0.5) is 0 Å². The van der Waals surface area contributed by atoms with E-state index in [2.05, 4.69) is 11.5 Å². The maximum absolute atomic E-state index is 13.7. The summed E-state index contributed by atoms with van der Waals surface area (Å²) in [6.45, 7) is 8.59. The Bertz CT molecular complexity index is 1310. The number of amides is 1. The summed E-state index contributed by atoms with van der Waals surface area (Å²) in [7, 11) is 0. The third kappa shape index (κ3) is 4.72. The number of carbonyl (C=O) groups is 1. The zero-order valence-corrected chi connectivity index (χ0v) is 20.1. The van der Waals surface area contributed by atoms with Crippen molar-refractivity contribution < 1.29 is 18.7 Å². The molecular formula is C27H27ClN2O5. The third-order valence-corrected chi connectivity index (χ3v) is 6.68. The molecular weight excluding hydrogens is 468 g/mol. The van der Waals surface area contributed by atoms with Crippen LogP contribution in [0.3, 0.4) is 0 Å². The molecule has 1 fully saturated rings. The zero-order chi connectivity index (χ0) is 24.4. The molecule has 0 radical (unpaired) electrons. The van der Waals surface area contributed by atoms with Gasteiger partial charge in [0.15, 0.2) is 5.43 Å². The van der Waals surface area contributed by atoms with E-state index in [0.717, 1.165) is 44.8 Å². The molecule has 1 saturated heterocycles. The molecule has 0 aliphatic carbocycles. The summed E-state index contributed by atoms with van der Waals surface area (Å²) in [5.74, 6) is 0.460. The average Bonchev–Trinajstić information content (AvgIpc) is 3.16. The number of fused-ring (bicyclic) bond motifs is 2. The maximum atomic E-state index is 13.7. The van der Waals surface area contributed by atoms with E-state index in [1.807, 2.05) is 24.3 Å². The standard InChI is InChI=1S/C27H27ClN2O5/c1-2-13-34-20-6-3-5-18(16-20)24-23-25(31)21-17-19(28)7-8-22(21)35-26(23)27(32)30(24)10-4-9-29-11-14-33-15-12-29/h2-3,5-8,16-17,24H,1,4,9-15H2/t24-/m1/s1. The first-order chi connectivity index (χ1) is 17.1. The van der Waals surface area contributed by atoms with Crippen LogP contribution in [-0.4, -0.2) is 61.7 Å². The number of carbonyl (C=O) groups excluding carboxylic acids is 1. The van der Waals surface area contributed by atoms with Crippen LogP contribution in [0.1, 0.15) is 34.1 Å². The lowest BCUT2D eigenvalue weighted by Crippen LogP contribution is -2.38. The quantitative estimate of drug-likeness (QED) is 0.435. The molecule has 3 aromatic rings. The summed E-state index contributed by atoms with van der Waals surface area (Å²) < 4.78 is 17.2. The van der Waals surface area contributed by atoms with Crippen molar-refractivity contribution in [1.29, 1.82) is 0 Å². The molecule has 8 heteroatoms. The normalized spacial score (nSPS) is 18.1. The van der Waals surface area contributed by atoms with Gasteiger partial charge in [-0.15, -0.1) is 0 Å². The monoisotopic (exact) mass is 494 g/mol. The lowest BCUT2D eigenvalue weighted by atomic mass is 9.98. The molecule has 0 saturated carbocycles. The van der Waals surface area contributed by atoms with Gasteiger partial charge < -0.3 is 18.8 Å². The van der Waals surface area contributed by atoms with Gasteiger partial charge in [0, 0.05) is 31.2 Å². The Morgan fingerprint density at radius 2 is 1.94 bits per heavy atom. The second-order valence-corrected chi connectivity index (χ2v) is 9.13.